The molecule has 0 saturated carbocycles. The molecular formula is C17H15N5OS. The highest BCUT2D eigenvalue weighted by molar-refractivity contribution is 7.15. The van der Waals surface area contributed by atoms with Gasteiger partial charge in [-0.05, 0) is 36.4 Å². The van der Waals surface area contributed by atoms with Crippen LogP contribution in [0.3, 0.4) is 0 Å². The molecule has 4 aromatic rings. The van der Waals surface area contributed by atoms with Gasteiger partial charge in [-0.25, -0.2) is 9.50 Å². The van der Waals surface area contributed by atoms with Crippen LogP contribution < -0.4 is 5.32 Å². The molecule has 3 heterocycles. The monoisotopic (exact) mass is 337 g/mol. The van der Waals surface area contributed by atoms with Crippen molar-refractivity contribution in [3.8, 4) is 5.69 Å². The van der Waals surface area contributed by atoms with Gasteiger partial charge in [0.2, 0.25) is 4.96 Å². The summed E-state index contributed by atoms with van der Waals surface area (Å²) in [6.45, 7) is 0.559. The van der Waals surface area contributed by atoms with E-state index in [0.29, 0.717) is 12.1 Å². The molecule has 7 heteroatoms. The first-order chi connectivity index (χ1) is 11.8. The Balaban J connectivity index is 1.37. The molecule has 0 aliphatic rings. The number of hydrogen-bond acceptors (Lipinski definition) is 4. The normalized spacial score (nSPS) is 11.0. The van der Waals surface area contributed by atoms with Gasteiger partial charge in [-0.2, -0.15) is 5.10 Å². The third-order valence-corrected chi connectivity index (χ3v) is 4.67. The summed E-state index contributed by atoms with van der Waals surface area (Å²) in [5, 5.41) is 9.14. The molecule has 0 aliphatic carbocycles. The van der Waals surface area contributed by atoms with Crippen molar-refractivity contribution in [2.75, 3.05) is 6.54 Å². The molecule has 4 rings (SSSR count). The van der Waals surface area contributed by atoms with Gasteiger partial charge in [0.25, 0.3) is 5.91 Å². The lowest BCUT2D eigenvalue weighted by Gasteiger charge is -2.07. The van der Waals surface area contributed by atoms with Crippen LogP contribution in [0, 0.1) is 0 Å². The minimum Gasteiger partial charge on any atom is -0.352 e. The number of nitrogens with zero attached hydrogens (tertiary/aromatic N) is 4. The molecule has 0 fully saturated rings. The molecular weight excluding hydrogens is 322 g/mol. The Morgan fingerprint density at radius 3 is 2.75 bits per heavy atom. The second kappa shape index (κ2) is 6.29. The van der Waals surface area contributed by atoms with E-state index in [1.807, 2.05) is 63.3 Å². The van der Waals surface area contributed by atoms with E-state index in [1.54, 1.807) is 17.7 Å². The molecule has 0 radical (unpaired) electrons. The summed E-state index contributed by atoms with van der Waals surface area (Å²) < 4.78 is 3.81. The van der Waals surface area contributed by atoms with Crippen LogP contribution in [0.2, 0.25) is 0 Å². The standard InChI is InChI=1S/C17H15N5OS/c23-16(13-3-5-14(6-4-13)21-9-1-2-10-21)18-8-7-15-11-24-17-19-12-20-22(15)17/h1-6,9-12H,7-8H2,(H,18,23). The summed E-state index contributed by atoms with van der Waals surface area (Å²) in [5.74, 6) is -0.0703. The average Bonchev–Trinajstić information content (AvgIpc) is 3.34. The van der Waals surface area contributed by atoms with Crippen molar-refractivity contribution in [1.82, 2.24) is 24.5 Å². The zero-order chi connectivity index (χ0) is 16.4. The van der Waals surface area contributed by atoms with E-state index in [1.165, 1.54) is 0 Å². The molecule has 1 aromatic carbocycles. The first kappa shape index (κ1) is 14.6. The fraction of sp³-hybridized carbons (Fsp3) is 0.118. The van der Waals surface area contributed by atoms with Crippen molar-refractivity contribution in [1.29, 1.82) is 0 Å². The van der Waals surface area contributed by atoms with Crippen molar-refractivity contribution in [2.45, 2.75) is 6.42 Å². The number of nitrogens with one attached hydrogen (secondary N) is 1. The summed E-state index contributed by atoms with van der Waals surface area (Å²) >= 11 is 1.55. The SMILES string of the molecule is O=C(NCCc1csc2ncnn12)c1ccc(-n2cccc2)cc1. The quantitative estimate of drug-likeness (QED) is 0.609. The zero-order valence-electron chi connectivity index (χ0n) is 12.8. The van der Waals surface area contributed by atoms with Crippen molar-refractivity contribution in [3.63, 3.8) is 0 Å². The van der Waals surface area contributed by atoms with Crippen LogP contribution in [0.4, 0.5) is 0 Å². The average molecular weight is 337 g/mol. The van der Waals surface area contributed by atoms with Crippen LogP contribution >= 0.6 is 11.3 Å². The Morgan fingerprint density at radius 2 is 1.96 bits per heavy atom. The van der Waals surface area contributed by atoms with Crippen LogP contribution in [-0.2, 0) is 6.42 Å². The molecule has 6 nitrogen and oxygen atoms in total. The second-order valence-electron chi connectivity index (χ2n) is 5.32. The number of carbonyl (C=O) groups is 1. The number of fused-ring (bicyclic) bond motifs is 1. The highest BCUT2D eigenvalue weighted by Gasteiger charge is 2.08. The summed E-state index contributed by atoms with van der Waals surface area (Å²) in [5.41, 5.74) is 2.74. The predicted molar refractivity (Wildman–Crippen MR) is 92.7 cm³/mol. The molecule has 1 amide bonds. The lowest BCUT2D eigenvalue weighted by Crippen LogP contribution is -2.26. The number of aromatic nitrogens is 4. The summed E-state index contributed by atoms with van der Waals surface area (Å²) in [4.78, 5) is 17.2. The molecule has 0 unspecified atom stereocenters. The van der Waals surface area contributed by atoms with Crippen LogP contribution in [0.1, 0.15) is 16.1 Å². The molecule has 24 heavy (non-hydrogen) atoms. The van der Waals surface area contributed by atoms with Crippen molar-refractivity contribution < 1.29 is 4.79 Å². The van der Waals surface area contributed by atoms with Gasteiger partial charge in [-0.15, -0.1) is 11.3 Å². The molecule has 3 aromatic heterocycles. The molecule has 0 aliphatic heterocycles. The predicted octanol–water partition coefficient (Wildman–Crippen LogP) is 2.55. The second-order valence-corrected chi connectivity index (χ2v) is 6.16. The summed E-state index contributed by atoms with van der Waals surface area (Å²) in [6.07, 6.45) is 6.21. The third-order valence-electron chi connectivity index (χ3n) is 3.79. The number of benzene rings is 1. The van der Waals surface area contributed by atoms with E-state index in [-0.39, 0.29) is 5.91 Å². The van der Waals surface area contributed by atoms with Crippen molar-refractivity contribution in [3.05, 3.63) is 71.8 Å². The van der Waals surface area contributed by atoms with E-state index in [9.17, 15) is 4.79 Å². The van der Waals surface area contributed by atoms with Gasteiger partial charge < -0.3 is 9.88 Å². The number of thiazole rings is 1. The van der Waals surface area contributed by atoms with Crippen LogP contribution in [0.15, 0.2) is 60.5 Å². The first-order valence-electron chi connectivity index (χ1n) is 7.59. The maximum absolute atomic E-state index is 12.2. The van der Waals surface area contributed by atoms with Crippen LogP contribution in [0.25, 0.3) is 10.6 Å². The van der Waals surface area contributed by atoms with Crippen molar-refractivity contribution >= 4 is 22.2 Å². The molecule has 0 atom stereocenters. The molecule has 120 valence electrons. The van der Waals surface area contributed by atoms with Crippen LogP contribution in [0.5, 0.6) is 0 Å². The van der Waals surface area contributed by atoms with Crippen molar-refractivity contribution in [2.24, 2.45) is 0 Å². The van der Waals surface area contributed by atoms with Gasteiger partial charge in [0.05, 0.1) is 5.69 Å². The van der Waals surface area contributed by atoms with E-state index in [2.05, 4.69) is 15.4 Å². The number of carbonyl (C=O) groups excluding carboxylic acids is 1. The largest absolute Gasteiger partial charge is 0.352 e. The van der Waals surface area contributed by atoms with Gasteiger partial charge in [-0.3, -0.25) is 4.79 Å². The summed E-state index contributed by atoms with van der Waals surface area (Å²) in [7, 11) is 0. The molecule has 1 N–H and O–H groups in total. The Hall–Kier alpha value is -2.93. The van der Waals surface area contributed by atoms with Gasteiger partial charge in [0, 0.05) is 42.0 Å². The van der Waals surface area contributed by atoms with E-state index < -0.39 is 0 Å². The van der Waals surface area contributed by atoms with Gasteiger partial charge in [0.15, 0.2) is 0 Å². The lowest BCUT2D eigenvalue weighted by atomic mass is 10.2. The maximum Gasteiger partial charge on any atom is 0.251 e. The molecule has 0 bridgehead atoms. The fourth-order valence-corrected chi connectivity index (χ4v) is 3.37. The Labute approximate surface area is 142 Å². The lowest BCUT2D eigenvalue weighted by molar-refractivity contribution is 0.0954. The van der Waals surface area contributed by atoms with Gasteiger partial charge >= 0.3 is 0 Å². The number of hydrogen-bond donors (Lipinski definition) is 1. The number of amides is 1. The Morgan fingerprint density at radius 1 is 1.17 bits per heavy atom. The maximum atomic E-state index is 12.2. The highest BCUT2D eigenvalue weighted by atomic mass is 32.1. The van der Waals surface area contributed by atoms with Gasteiger partial charge in [-0.1, -0.05) is 0 Å². The van der Waals surface area contributed by atoms with E-state index in [0.717, 1.165) is 22.8 Å². The minimum absolute atomic E-state index is 0.0703. The topological polar surface area (TPSA) is 64.2 Å². The number of rotatable bonds is 5. The summed E-state index contributed by atoms with van der Waals surface area (Å²) in [6, 6.07) is 11.5. The van der Waals surface area contributed by atoms with E-state index in [4.69, 9.17) is 0 Å². The Kier molecular flexibility index (Phi) is 3.84. The third kappa shape index (κ3) is 2.81. The fourth-order valence-electron chi connectivity index (χ4n) is 2.54. The smallest absolute Gasteiger partial charge is 0.251 e. The minimum atomic E-state index is -0.0703. The first-order valence-corrected chi connectivity index (χ1v) is 8.47. The van der Waals surface area contributed by atoms with Crippen LogP contribution in [-0.4, -0.2) is 31.6 Å². The zero-order valence-corrected chi connectivity index (χ0v) is 13.6. The highest BCUT2D eigenvalue weighted by Crippen LogP contribution is 2.13. The Bertz CT molecular complexity index is 953. The molecule has 0 saturated heterocycles. The molecule has 0 spiro atoms. The van der Waals surface area contributed by atoms with Gasteiger partial charge in [0.1, 0.15) is 6.33 Å². The van der Waals surface area contributed by atoms with E-state index >= 15 is 0 Å².